The number of rotatable bonds is 5. The first-order valence-corrected chi connectivity index (χ1v) is 6.74. The zero-order chi connectivity index (χ0) is 15.2. The van der Waals surface area contributed by atoms with Gasteiger partial charge in [0.1, 0.15) is 0 Å². The van der Waals surface area contributed by atoms with Crippen LogP contribution in [0.25, 0.3) is 0 Å². The van der Waals surface area contributed by atoms with Crippen molar-refractivity contribution in [3.05, 3.63) is 53.3 Å². The summed E-state index contributed by atoms with van der Waals surface area (Å²) in [6, 6.07) is 8.45. The number of hydrazine groups is 1. The minimum absolute atomic E-state index is 0.181. The first-order chi connectivity index (χ1) is 10.1. The molecule has 0 saturated carbocycles. The van der Waals surface area contributed by atoms with E-state index in [9.17, 15) is 4.79 Å². The molecule has 1 aromatic carbocycles. The van der Waals surface area contributed by atoms with E-state index in [1.165, 1.54) is 23.5 Å². The number of carbonyl (C=O) groups excluding carboxylic acids is 1. The van der Waals surface area contributed by atoms with Crippen LogP contribution in [0.2, 0.25) is 0 Å². The minimum Gasteiger partial charge on any atom is -0.351 e. The third-order valence-corrected chi connectivity index (χ3v) is 3.21. The van der Waals surface area contributed by atoms with E-state index in [0.717, 1.165) is 6.42 Å². The molecular formula is C15H19N5O. The van der Waals surface area contributed by atoms with Gasteiger partial charge in [-0.25, -0.2) is 15.8 Å². The van der Waals surface area contributed by atoms with Crippen molar-refractivity contribution >= 4 is 11.9 Å². The van der Waals surface area contributed by atoms with Crippen LogP contribution in [0.5, 0.6) is 0 Å². The summed E-state index contributed by atoms with van der Waals surface area (Å²) in [5, 5.41) is 3.22. The van der Waals surface area contributed by atoms with Crippen LogP contribution >= 0.6 is 0 Å². The van der Waals surface area contributed by atoms with E-state index < -0.39 is 5.91 Å². The Bertz CT molecular complexity index is 612. The Morgan fingerprint density at radius 2 is 1.95 bits per heavy atom. The predicted molar refractivity (Wildman–Crippen MR) is 81.7 cm³/mol. The zero-order valence-corrected chi connectivity index (χ0v) is 12.1. The molecule has 2 aromatic rings. The fraction of sp³-hybridized carbons (Fsp3) is 0.267. The number of aryl methyl sites for hydroxylation is 1. The van der Waals surface area contributed by atoms with Gasteiger partial charge in [-0.1, -0.05) is 24.3 Å². The van der Waals surface area contributed by atoms with Gasteiger partial charge in [0.2, 0.25) is 5.95 Å². The monoisotopic (exact) mass is 285 g/mol. The van der Waals surface area contributed by atoms with E-state index in [-0.39, 0.29) is 6.04 Å². The molecule has 2 rings (SSSR count). The Kier molecular flexibility index (Phi) is 4.84. The van der Waals surface area contributed by atoms with Crippen LogP contribution in [0.3, 0.4) is 0 Å². The summed E-state index contributed by atoms with van der Waals surface area (Å²) in [5.41, 5.74) is 4.92. The van der Waals surface area contributed by atoms with Crippen LogP contribution in [0, 0.1) is 6.92 Å². The fourth-order valence-corrected chi connectivity index (χ4v) is 2.04. The normalized spacial score (nSPS) is 11.8. The molecule has 4 N–H and O–H groups in total. The first kappa shape index (κ1) is 14.9. The van der Waals surface area contributed by atoms with Crippen LogP contribution < -0.4 is 16.6 Å². The number of anilines is 1. The van der Waals surface area contributed by atoms with Crippen LogP contribution in [-0.4, -0.2) is 21.9 Å². The summed E-state index contributed by atoms with van der Waals surface area (Å²) in [4.78, 5) is 19.5. The first-order valence-electron chi connectivity index (χ1n) is 6.74. The second-order valence-electron chi connectivity index (χ2n) is 4.94. The number of hydrogen-bond donors (Lipinski definition) is 3. The summed E-state index contributed by atoms with van der Waals surface area (Å²) in [6.07, 6.45) is 3.76. The highest BCUT2D eigenvalue weighted by atomic mass is 16.2. The van der Waals surface area contributed by atoms with E-state index in [1.807, 2.05) is 17.6 Å². The fourth-order valence-electron chi connectivity index (χ4n) is 2.04. The van der Waals surface area contributed by atoms with Crippen LogP contribution in [0.15, 0.2) is 36.7 Å². The maximum atomic E-state index is 11.3. The molecule has 110 valence electrons. The average molecular weight is 285 g/mol. The molecule has 6 heteroatoms. The summed E-state index contributed by atoms with van der Waals surface area (Å²) >= 11 is 0. The molecule has 0 fully saturated rings. The van der Waals surface area contributed by atoms with Crippen molar-refractivity contribution in [1.29, 1.82) is 0 Å². The SMILES string of the molecule is Cc1ccccc1CC(C)Nc1ncc(C(=O)NN)cn1. The Morgan fingerprint density at radius 3 is 2.57 bits per heavy atom. The van der Waals surface area contributed by atoms with Gasteiger partial charge >= 0.3 is 0 Å². The Labute approximate surface area is 123 Å². The van der Waals surface area contributed by atoms with Crippen LogP contribution in [0.4, 0.5) is 5.95 Å². The standard InChI is InChI=1S/C15H19N5O/c1-10-5-3-4-6-12(10)7-11(2)19-15-17-8-13(9-18-15)14(21)20-16/h3-6,8-9,11H,7,16H2,1-2H3,(H,20,21)(H,17,18,19). The van der Waals surface area contributed by atoms with Crippen molar-refractivity contribution in [1.82, 2.24) is 15.4 Å². The summed E-state index contributed by atoms with van der Waals surface area (Å²) in [7, 11) is 0. The van der Waals surface area contributed by atoms with Gasteiger partial charge in [0.25, 0.3) is 5.91 Å². The smallest absolute Gasteiger partial charge is 0.268 e. The lowest BCUT2D eigenvalue weighted by Crippen LogP contribution is -2.30. The van der Waals surface area contributed by atoms with Crippen LogP contribution in [-0.2, 0) is 6.42 Å². The van der Waals surface area contributed by atoms with Gasteiger partial charge in [0.15, 0.2) is 0 Å². The molecule has 1 aromatic heterocycles. The number of hydrogen-bond acceptors (Lipinski definition) is 5. The van der Waals surface area contributed by atoms with Crippen molar-refractivity contribution in [2.45, 2.75) is 26.3 Å². The number of nitrogens with zero attached hydrogens (tertiary/aromatic N) is 2. The molecule has 21 heavy (non-hydrogen) atoms. The predicted octanol–water partition coefficient (Wildman–Crippen LogP) is 1.43. The largest absolute Gasteiger partial charge is 0.351 e. The molecule has 1 unspecified atom stereocenters. The second kappa shape index (κ2) is 6.81. The van der Waals surface area contributed by atoms with E-state index in [4.69, 9.17) is 5.84 Å². The Hall–Kier alpha value is -2.47. The van der Waals surface area contributed by atoms with Crippen molar-refractivity contribution in [3.8, 4) is 0 Å². The molecule has 1 atom stereocenters. The topological polar surface area (TPSA) is 92.9 Å². The molecule has 0 saturated heterocycles. The van der Waals surface area contributed by atoms with Crippen molar-refractivity contribution < 1.29 is 4.79 Å². The number of nitrogens with two attached hydrogens (primary N) is 1. The third-order valence-electron chi connectivity index (χ3n) is 3.21. The molecule has 0 aliphatic carbocycles. The molecular weight excluding hydrogens is 266 g/mol. The van der Waals surface area contributed by atoms with Gasteiger partial charge in [0.05, 0.1) is 5.56 Å². The lowest BCUT2D eigenvalue weighted by Gasteiger charge is -2.15. The molecule has 1 heterocycles. The van der Waals surface area contributed by atoms with Gasteiger partial charge < -0.3 is 5.32 Å². The van der Waals surface area contributed by atoms with Crippen molar-refractivity contribution in [3.63, 3.8) is 0 Å². The van der Waals surface area contributed by atoms with Crippen LogP contribution in [0.1, 0.15) is 28.4 Å². The molecule has 6 nitrogen and oxygen atoms in total. The summed E-state index contributed by atoms with van der Waals surface area (Å²) in [5.74, 6) is 5.13. The summed E-state index contributed by atoms with van der Waals surface area (Å²) < 4.78 is 0. The lowest BCUT2D eigenvalue weighted by molar-refractivity contribution is 0.0953. The number of amides is 1. The number of carbonyl (C=O) groups is 1. The van der Waals surface area contributed by atoms with Crippen molar-refractivity contribution in [2.75, 3.05) is 5.32 Å². The number of benzene rings is 1. The summed E-state index contributed by atoms with van der Waals surface area (Å²) in [6.45, 7) is 4.16. The maximum Gasteiger partial charge on any atom is 0.268 e. The number of nitrogen functional groups attached to an aromatic ring is 1. The second-order valence-corrected chi connectivity index (χ2v) is 4.94. The van der Waals surface area contributed by atoms with Gasteiger partial charge in [-0.2, -0.15) is 0 Å². The molecule has 0 aliphatic rings. The zero-order valence-electron chi connectivity index (χ0n) is 12.1. The average Bonchev–Trinajstić information content (AvgIpc) is 2.49. The highest BCUT2D eigenvalue weighted by Gasteiger charge is 2.09. The van der Waals surface area contributed by atoms with E-state index in [2.05, 4.69) is 41.3 Å². The molecule has 0 radical (unpaired) electrons. The molecule has 0 spiro atoms. The molecule has 0 aliphatic heterocycles. The van der Waals surface area contributed by atoms with Gasteiger partial charge in [0, 0.05) is 18.4 Å². The maximum absolute atomic E-state index is 11.3. The quantitative estimate of drug-likeness (QED) is 0.439. The molecule has 0 bridgehead atoms. The Morgan fingerprint density at radius 1 is 1.29 bits per heavy atom. The van der Waals surface area contributed by atoms with Crippen molar-refractivity contribution in [2.24, 2.45) is 5.84 Å². The van der Waals surface area contributed by atoms with Gasteiger partial charge in [-0.3, -0.25) is 10.2 Å². The highest BCUT2D eigenvalue weighted by molar-refractivity contribution is 5.93. The van der Waals surface area contributed by atoms with E-state index in [0.29, 0.717) is 11.5 Å². The lowest BCUT2D eigenvalue weighted by atomic mass is 10.0. The molecule has 1 amide bonds. The third kappa shape index (κ3) is 4.00. The number of aromatic nitrogens is 2. The Balaban J connectivity index is 1.98. The minimum atomic E-state index is -0.408. The van der Waals surface area contributed by atoms with Gasteiger partial charge in [-0.15, -0.1) is 0 Å². The van der Waals surface area contributed by atoms with E-state index in [1.54, 1.807) is 0 Å². The van der Waals surface area contributed by atoms with E-state index >= 15 is 0 Å². The van der Waals surface area contributed by atoms with Gasteiger partial charge in [-0.05, 0) is 31.4 Å². The highest BCUT2D eigenvalue weighted by Crippen LogP contribution is 2.11. The number of nitrogens with one attached hydrogen (secondary N) is 2.